The molecule has 1 aliphatic rings. The maximum absolute atomic E-state index is 13.8. The number of carbonyl (C=O) groups excluding carboxylic acids is 1. The maximum Gasteiger partial charge on any atom is 0.257 e. The van der Waals surface area contributed by atoms with E-state index in [0.717, 1.165) is 11.8 Å². The van der Waals surface area contributed by atoms with Crippen LogP contribution in [0.2, 0.25) is 5.02 Å². The van der Waals surface area contributed by atoms with E-state index >= 15 is 0 Å². The molecule has 1 aromatic heterocycles. The van der Waals surface area contributed by atoms with Crippen LogP contribution in [0.15, 0.2) is 42.7 Å². The van der Waals surface area contributed by atoms with Gasteiger partial charge in [0, 0.05) is 30.9 Å². The van der Waals surface area contributed by atoms with Crippen molar-refractivity contribution in [3.63, 3.8) is 0 Å². The fourth-order valence-corrected chi connectivity index (χ4v) is 2.86. The molecular formula is C16H15ClFN3O. The number of nitrogens with zero attached hydrogens (tertiary/aromatic N) is 2. The van der Waals surface area contributed by atoms with Crippen molar-refractivity contribution < 1.29 is 9.18 Å². The molecule has 1 aliphatic heterocycles. The van der Waals surface area contributed by atoms with Crippen molar-refractivity contribution >= 4 is 17.5 Å². The molecule has 1 N–H and O–H groups in total. The van der Waals surface area contributed by atoms with Gasteiger partial charge in [0.25, 0.3) is 5.91 Å². The highest BCUT2D eigenvalue weighted by atomic mass is 35.5. The van der Waals surface area contributed by atoms with Crippen LogP contribution >= 0.6 is 11.6 Å². The van der Waals surface area contributed by atoms with Gasteiger partial charge in [0.15, 0.2) is 5.82 Å². The predicted molar refractivity (Wildman–Crippen MR) is 82.3 cm³/mol. The first-order valence-corrected chi connectivity index (χ1v) is 7.41. The quantitative estimate of drug-likeness (QED) is 0.925. The van der Waals surface area contributed by atoms with Crippen molar-refractivity contribution in [3.8, 4) is 0 Å². The minimum atomic E-state index is -0.601. The van der Waals surface area contributed by atoms with Gasteiger partial charge in [-0.15, -0.1) is 0 Å². The Morgan fingerprint density at radius 2 is 2.27 bits per heavy atom. The third kappa shape index (κ3) is 2.96. The van der Waals surface area contributed by atoms with Crippen molar-refractivity contribution in [1.82, 2.24) is 15.2 Å². The van der Waals surface area contributed by atoms with Gasteiger partial charge in [-0.05, 0) is 23.8 Å². The maximum atomic E-state index is 13.8. The van der Waals surface area contributed by atoms with E-state index in [1.807, 2.05) is 18.2 Å². The van der Waals surface area contributed by atoms with Gasteiger partial charge in [-0.2, -0.15) is 0 Å². The van der Waals surface area contributed by atoms with Crippen LogP contribution in [0.3, 0.4) is 0 Å². The summed E-state index contributed by atoms with van der Waals surface area (Å²) in [6, 6.07) is 8.63. The number of pyridine rings is 1. The summed E-state index contributed by atoms with van der Waals surface area (Å²) in [5.41, 5.74) is 0.978. The van der Waals surface area contributed by atoms with Crippen molar-refractivity contribution in [1.29, 1.82) is 0 Å². The van der Waals surface area contributed by atoms with Crippen LogP contribution in [0.4, 0.5) is 4.39 Å². The predicted octanol–water partition coefficient (Wildman–Crippen LogP) is 2.66. The van der Waals surface area contributed by atoms with Crippen LogP contribution < -0.4 is 5.32 Å². The lowest BCUT2D eigenvalue weighted by Crippen LogP contribution is -2.48. The van der Waals surface area contributed by atoms with Crippen LogP contribution in [-0.4, -0.2) is 35.4 Å². The second kappa shape index (κ2) is 6.42. The van der Waals surface area contributed by atoms with E-state index in [-0.39, 0.29) is 17.5 Å². The SMILES string of the molecule is O=C(c1ccncc1F)N1CCNCC1c1cccc(Cl)c1. The number of nitrogens with one attached hydrogen (secondary N) is 1. The Hall–Kier alpha value is -1.98. The Bertz CT molecular complexity index is 695. The van der Waals surface area contributed by atoms with E-state index < -0.39 is 5.82 Å². The Kier molecular flexibility index (Phi) is 4.36. The summed E-state index contributed by atoms with van der Waals surface area (Å²) in [6.45, 7) is 1.80. The first-order valence-electron chi connectivity index (χ1n) is 7.03. The number of rotatable bonds is 2. The summed E-state index contributed by atoms with van der Waals surface area (Å²) in [5.74, 6) is -0.928. The van der Waals surface area contributed by atoms with Crippen LogP contribution in [0, 0.1) is 5.82 Å². The molecule has 3 rings (SSSR count). The molecule has 22 heavy (non-hydrogen) atoms. The molecule has 1 fully saturated rings. The molecule has 1 amide bonds. The summed E-state index contributed by atoms with van der Waals surface area (Å²) in [7, 11) is 0. The first-order chi connectivity index (χ1) is 10.7. The second-order valence-electron chi connectivity index (χ2n) is 5.13. The van der Waals surface area contributed by atoms with E-state index in [1.165, 1.54) is 12.3 Å². The van der Waals surface area contributed by atoms with Crippen LogP contribution in [0.1, 0.15) is 22.0 Å². The van der Waals surface area contributed by atoms with Gasteiger partial charge in [0.1, 0.15) is 0 Å². The lowest BCUT2D eigenvalue weighted by molar-refractivity contribution is 0.0629. The summed E-state index contributed by atoms with van der Waals surface area (Å²) in [6.07, 6.45) is 2.48. The standard InChI is InChI=1S/C16H15ClFN3O/c17-12-3-1-2-11(8-12)15-10-20-6-7-21(15)16(22)13-4-5-19-9-14(13)18/h1-5,8-9,15,20H,6-7,10H2. The zero-order valence-electron chi connectivity index (χ0n) is 11.8. The molecule has 6 heteroatoms. The summed E-state index contributed by atoms with van der Waals surface area (Å²) in [5, 5.41) is 3.88. The Morgan fingerprint density at radius 1 is 1.41 bits per heavy atom. The number of amides is 1. The fourth-order valence-electron chi connectivity index (χ4n) is 2.66. The van der Waals surface area contributed by atoms with Gasteiger partial charge < -0.3 is 10.2 Å². The Labute approximate surface area is 132 Å². The monoisotopic (exact) mass is 319 g/mol. The van der Waals surface area contributed by atoms with E-state index in [4.69, 9.17) is 11.6 Å². The first kappa shape index (κ1) is 14.9. The lowest BCUT2D eigenvalue weighted by atomic mass is 10.0. The van der Waals surface area contributed by atoms with Crippen LogP contribution in [0.25, 0.3) is 0 Å². The molecule has 0 spiro atoms. The zero-order valence-corrected chi connectivity index (χ0v) is 12.6. The number of piperazine rings is 1. The highest BCUT2D eigenvalue weighted by Gasteiger charge is 2.30. The van der Waals surface area contributed by atoms with Crippen molar-refractivity contribution in [2.24, 2.45) is 0 Å². The number of hydrogen-bond acceptors (Lipinski definition) is 3. The molecule has 1 aromatic carbocycles. The summed E-state index contributed by atoms with van der Waals surface area (Å²) < 4.78 is 13.8. The largest absolute Gasteiger partial charge is 0.329 e. The molecule has 2 aromatic rings. The topological polar surface area (TPSA) is 45.2 Å². The molecule has 114 valence electrons. The van der Waals surface area contributed by atoms with Crippen molar-refractivity contribution in [2.45, 2.75) is 6.04 Å². The number of carbonyl (C=O) groups is 1. The fraction of sp³-hybridized carbons (Fsp3) is 0.250. The van der Waals surface area contributed by atoms with Crippen LogP contribution in [-0.2, 0) is 0 Å². The zero-order chi connectivity index (χ0) is 15.5. The lowest BCUT2D eigenvalue weighted by Gasteiger charge is -2.36. The average Bonchev–Trinajstić information content (AvgIpc) is 2.55. The average molecular weight is 320 g/mol. The van der Waals surface area contributed by atoms with E-state index in [0.29, 0.717) is 24.7 Å². The minimum absolute atomic E-state index is 0.0453. The van der Waals surface area contributed by atoms with E-state index in [1.54, 1.807) is 11.0 Å². The molecule has 0 saturated carbocycles. The molecule has 0 aliphatic carbocycles. The van der Waals surface area contributed by atoms with Crippen molar-refractivity contribution in [2.75, 3.05) is 19.6 Å². The number of halogens is 2. The Morgan fingerprint density at radius 3 is 3.05 bits per heavy atom. The highest BCUT2D eigenvalue weighted by Crippen LogP contribution is 2.26. The van der Waals surface area contributed by atoms with E-state index in [9.17, 15) is 9.18 Å². The van der Waals surface area contributed by atoms with Gasteiger partial charge in [-0.25, -0.2) is 4.39 Å². The van der Waals surface area contributed by atoms with Gasteiger partial charge >= 0.3 is 0 Å². The normalized spacial score (nSPS) is 18.3. The van der Waals surface area contributed by atoms with Gasteiger partial charge in [0.05, 0.1) is 17.8 Å². The Balaban J connectivity index is 1.93. The molecule has 1 unspecified atom stereocenters. The van der Waals surface area contributed by atoms with Crippen LogP contribution in [0.5, 0.6) is 0 Å². The van der Waals surface area contributed by atoms with Crippen molar-refractivity contribution in [3.05, 3.63) is 64.7 Å². The smallest absolute Gasteiger partial charge is 0.257 e. The molecule has 1 atom stereocenters. The number of hydrogen-bond donors (Lipinski definition) is 1. The van der Waals surface area contributed by atoms with Gasteiger partial charge in [-0.3, -0.25) is 9.78 Å². The highest BCUT2D eigenvalue weighted by molar-refractivity contribution is 6.30. The second-order valence-corrected chi connectivity index (χ2v) is 5.57. The van der Waals surface area contributed by atoms with Gasteiger partial charge in [-0.1, -0.05) is 23.7 Å². The number of aromatic nitrogens is 1. The number of benzene rings is 1. The molecule has 4 nitrogen and oxygen atoms in total. The van der Waals surface area contributed by atoms with E-state index in [2.05, 4.69) is 10.3 Å². The molecule has 0 radical (unpaired) electrons. The third-order valence-electron chi connectivity index (χ3n) is 3.74. The van der Waals surface area contributed by atoms with Gasteiger partial charge in [0.2, 0.25) is 0 Å². The molecule has 0 bridgehead atoms. The summed E-state index contributed by atoms with van der Waals surface area (Å²) in [4.78, 5) is 18.1. The molecule has 1 saturated heterocycles. The third-order valence-corrected chi connectivity index (χ3v) is 3.98. The minimum Gasteiger partial charge on any atom is -0.329 e. The molecular weight excluding hydrogens is 305 g/mol. The molecule has 2 heterocycles. The summed E-state index contributed by atoms with van der Waals surface area (Å²) >= 11 is 6.04.